The monoisotopic (exact) mass is 199 g/mol. The molecule has 5 heteroatoms. The van der Waals surface area contributed by atoms with Gasteiger partial charge >= 0.3 is 0 Å². The van der Waals surface area contributed by atoms with E-state index >= 15 is 0 Å². The van der Waals surface area contributed by atoms with Crippen molar-refractivity contribution in [2.75, 3.05) is 6.54 Å². The molecule has 1 heterocycles. The molecule has 72 valence electrons. The molecule has 1 aromatic heterocycles. The Hall–Kier alpha value is -0.520. The third kappa shape index (κ3) is 1.72. The van der Waals surface area contributed by atoms with Crippen LogP contribution in [0.2, 0.25) is 0 Å². The molecule has 0 bridgehead atoms. The van der Waals surface area contributed by atoms with E-state index in [-0.39, 0.29) is 6.61 Å². The van der Waals surface area contributed by atoms with Crippen molar-refractivity contribution < 1.29 is 5.11 Å². The minimum absolute atomic E-state index is 0.00467. The molecule has 2 rings (SSSR count). The SMILES string of the molecule is NCC1CC(c2nnc(CO)s2)C1. The normalized spacial score (nSPS) is 27.2. The van der Waals surface area contributed by atoms with Gasteiger partial charge in [0.1, 0.15) is 10.0 Å². The molecule has 3 N–H and O–H groups in total. The zero-order chi connectivity index (χ0) is 9.26. The average Bonchev–Trinajstić information content (AvgIpc) is 2.51. The molecule has 0 unspecified atom stereocenters. The zero-order valence-corrected chi connectivity index (χ0v) is 8.13. The Morgan fingerprint density at radius 2 is 2.23 bits per heavy atom. The fourth-order valence-electron chi connectivity index (χ4n) is 1.63. The van der Waals surface area contributed by atoms with Crippen molar-refractivity contribution >= 4 is 11.3 Å². The number of aliphatic hydroxyl groups is 1. The Labute approximate surface area is 80.8 Å². The van der Waals surface area contributed by atoms with Crippen LogP contribution in [0.3, 0.4) is 0 Å². The molecule has 0 aliphatic heterocycles. The van der Waals surface area contributed by atoms with E-state index in [1.54, 1.807) is 0 Å². The van der Waals surface area contributed by atoms with E-state index in [1.165, 1.54) is 11.3 Å². The quantitative estimate of drug-likeness (QED) is 0.743. The molecule has 0 spiro atoms. The minimum atomic E-state index is 0.00467. The number of nitrogens with two attached hydrogens (primary N) is 1. The summed E-state index contributed by atoms with van der Waals surface area (Å²) < 4.78 is 0. The van der Waals surface area contributed by atoms with Crippen LogP contribution in [-0.4, -0.2) is 21.8 Å². The van der Waals surface area contributed by atoms with Crippen molar-refractivity contribution in [3.05, 3.63) is 10.0 Å². The van der Waals surface area contributed by atoms with Crippen LogP contribution in [0.4, 0.5) is 0 Å². The summed E-state index contributed by atoms with van der Waals surface area (Å²) in [6.45, 7) is 0.785. The van der Waals surface area contributed by atoms with Crippen LogP contribution in [0.15, 0.2) is 0 Å². The van der Waals surface area contributed by atoms with Crippen molar-refractivity contribution in [3.63, 3.8) is 0 Å². The van der Waals surface area contributed by atoms with Gasteiger partial charge in [-0.2, -0.15) is 0 Å². The maximum Gasteiger partial charge on any atom is 0.143 e. The van der Waals surface area contributed by atoms with Crippen LogP contribution in [-0.2, 0) is 6.61 Å². The van der Waals surface area contributed by atoms with Crippen LogP contribution in [0, 0.1) is 5.92 Å². The van der Waals surface area contributed by atoms with Crippen LogP contribution < -0.4 is 5.73 Å². The summed E-state index contributed by atoms with van der Waals surface area (Å²) in [5, 5.41) is 18.5. The number of nitrogens with zero attached hydrogens (tertiary/aromatic N) is 2. The van der Waals surface area contributed by atoms with Crippen molar-refractivity contribution in [2.24, 2.45) is 11.7 Å². The molecule has 1 aromatic rings. The van der Waals surface area contributed by atoms with E-state index < -0.39 is 0 Å². The second-order valence-corrected chi connectivity index (χ2v) is 4.56. The van der Waals surface area contributed by atoms with E-state index in [1.807, 2.05) is 0 Å². The minimum Gasteiger partial charge on any atom is -0.389 e. The summed E-state index contributed by atoms with van der Waals surface area (Å²) in [6.07, 6.45) is 2.27. The Bertz CT molecular complexity index is 283. The lowest BCUT2D eigenvalue weighted by Crippen LogP contribution is -2.28. The van der Waals surface area contributed by atoms with Gasteiger partial charge < -0.3 is 10.8 Å². The number of aliphatic hydroxyl groups excluding tert-OH is 1. The fraction of sp³-hybridized carbons (Fsp3) is 0.750. The number of rotatable bonds is 3. The average molecular weight is 199 g/mol. The van der Waals surface area contributed by atoms with Crippen molar-refractivity contribution in [3.8, 4) is 0 Å². The molecule has 1 aliphatic rings. The summed E-state index contributed by atoms with van der Waals surface area (Å²) in [5.41, 5.74) is 5.53. The number of hydrogen-bond donors (Lipinski definition) is 2. The Morgan fingerprint density at radius 1 is 1.46 bits per heavy atom. The van der Waals surface area contributed by atoms with Gasteiger partial charge in [-0.1, -0.05) is 11.3 Å². The van der Waals surface area contributed by atoms with Crippen molar-refractivity contribution in [1.29, 1.82) is 0 Å². The molecule has 0 saturated heterocycles. The highest BCUT2D eigenvalue weighted by atomic mass is 32.1. The van der Waals surface area contributed by atoms with Crippen LogP contribution in [0.25, 0.3) is 0 Å². The smallest absolute Gasteiger partial charge is 0.143 e. The van der Waals surface area contributed by atoms with E-state index in [4.69, 9.17) is 10.8 Å². The highest BCUT2D eigenvalue weighted by molar-refractivity contribution is 7.11. The van der Waals surface area contributed by atoms with Gasteiger partial charge in [0.15, 0.2) is 0 Å². The summed E-state index contributed by atoms with van der Waals surface area (Å²) in [7, 11) is 0. The van der Waals surface area contributed by atoms with Gasteiger partial charge in [0.05, 0.1) is 6.61 Å². The zero-order valence-electron chi connectivity index (χ0n) is 7.31. The number of aromatic nitrogens is 2. The summed E-state index contributed by atoms with van der Waals surface area (Å²) in [5.74, 6) is 1.22. The highest BCUT2D eigenvalue weighted by Crippen LogP contribution is 2.41. The van der Waals surface area contributed by atoms with Gasteiger partial charge in [0.25, 0.3) is 0 Å². The molecule has 1 fully saturated rings. The second-order valence-electron chi connectivity index (χ2n) is 3.46. The summed E-state index contributed by atoms with van der Waals surface area (Å²) in [4.78, 5) is 0. The van der Waals surface area contributed by atoms with Gasteiger partial charge in [0, 0.05) is 5.92 Å². The first-order valence-electron chi connectivity index (χ1n) is 4.46. The Morgan fingerprint density at radius 3 is 2.77 bits per heavy atom. The molecule has 0 aromatic carbocycles. The maximum absolute atomic E-state index is 8.81. The lowest BCUT2D eigenvalue weighted by Gasteiger charge is -2.32. The van der Waals surface area contributed by atoms with Gasteiger partial charge in [0.2, 0.25) is 0 Å². The maximum atomic E-state index is 8.81. The third-order valence-electron chi connectivity index (χ3n) is 2.54. The van der Waals surface area contributed by atoms with Gasteiger partial charge in [-0.05, 0) is 25.3 Å². The lowest BCUT2D eigenvalue weighted by molar-refractivity contribution is 0.270. The summed E-state index contributed by atoms with van der Waals surface area (Å²) in [6, 6.07) is 0. The first kappa shape index (κ1) is 9.05. The predicted molar refractivity (Wildman–Crippen MR) is 50.4 cm³/mol. The predicted octanol–water partition coefficient (Wildman–Crippen LogP) is 0.483. The highest BCUT2D eigenvalue weighted by Gasteiger charge is 2.31. The molecule has 1 saturated carbocycles. The van der Waals surface area contributed by atoms with Crippen LogP contribution >= 0.6 is 11.3 Å². The molecular formula is C8H13N3OS. The molecule has 0 atom stereocenters. The topological polar surface area (TPSA) is 72.0 Å². The molecule has 4 nitrogen and oxygen atoms in total. The first-order chi connectivity index (χ1) is 6.33. The molecular weight excluding hydrogens is 186 g/mol. The van der Waals surface area contributed by atoms with E-state index in [2.05, 4.69) is 10.2 Å². The van der Waals surface area contributed by atoms with Gasteiger partial charge in [-0.15, -0.1) is 10.2 Å². The van der Waals surface area contributed by atoms with E-state index in [0.29, 0.717) is 16.8 Å². The van der Waals surface area contributed by atoms with Gasteiger partial charge in [-0.25, -0.2) is 0 Å². The van der Waals surface area contributed by atoms with Crippen molar-refractivity contribution in [1.82, 2.24) is 10.2 Å². The summed E-state index contributed by atoms with van der Waals surface area (Å²) >= 11 is 1.52. The second kappa shape index (κ2) is 3.69. The van der Waals surface area contributed by atoms with Crippen LogP contribution in [0.5, 0.6) is 0 Å². The largest absolute Gasteiger partial charge is 0.389 e. The standard InChI is InChI=1S/C8H13N3OS/c9-3-5-1-6(2-5)8-11-10-7(4-12)13-8/h5-6,12H,1-4,9H2. The Balaban J connectivity index is 1.95. The van der Waals surface area contributed by atoms with Gasteiger partial charge in [-0.3, -0.25) is 0 Å². The third-order valence-corrected chi connectivity index (χ3v) is 3.61. The van der Waals surface area contributed by atoms with Crippen LogP contribution in [0.1, 0.15) is 28.8 Å². The van der Waals surface area contributed by atoms with E-state index in [9.17, 15) is 0 Å². The van der Waals surface area contributed by atoms with E-state index in [0.717, 1.165) is 24.4 Å². The van der Waals surface area contributed by atoms with Crippen molar-refractivity contribution in [2.45, 2.75) is 25.4 Å². The Kier molecular flexibility index (Phi) is 2.57. The fourth-order valence-corrected chi connectivity index (χ4v) is 2.45. The lowest BCUT2D eigenvalue weighted by atomic mass is 9.75. The first-order valence-corrected chi connectivity index (χ1v) is 5.28. The number of hydrogen-bond acceptors (Lipinski definition) is 5. The molecule has 1 aliphatic carbocycles. The molecule has 0 amide bonds. The molecule has 13 heavy (non-hydrogen) atoms. The molecule has 0 radical (unpaired) electrons.